The summed E-state index contributed by atoms with van der Waals surface area (Å²) in [5, 5.41) is 0. The van der Waals surface area contributed by atoms with Crippen LogP contribution >= 0.6 is 0 Å². The molecule has 2 unspecified atom stereocenters. The van der Waals surface area contributed by atoms with Gasteiger partial charge in [0, 0.05) is 37.9 Å². The number of rotatable bonds is 5. The molecule has 2 atom stereocenters. The van der Waals surface area contributed by atoms with Gasteiger partial charge in [0.1, 0.15) is 5.82 Å². The number of likely N-dealkylation sites (N-methyl/N-ethyl adjacent to an activating group) is 1. The van der Waals surface area contributed by atoms with E-state index in [1.807, 2.05) is 6.20 Å². The van der Waals surface area contributed by atoms with Crippen LogP contribution in [-0.4, -0.2) is 48.6 Å². The minimum atomic E-state index is 0.241. The third-order valence-corrected chi connectivity index (χ3v) is 4.68. The summed E-state index contributed by atoms with van der Waals surface area (Å²) in [6, 6.07) is 3.13. The molecule has 21 heavy (non-hydrogen) atoms. The molecule has 118 valence electrons. The predicted molar refractivity (Wildman–Crippen MR) is 89.9 cm³/mol. The van der Waals surface area contributed by atoms with E-state index >= 15 is 0 Å². The lowest BCUT2D eigenvalue weighted by atomic mass is 10.0. The molecular weight excluding hydrogens is 260 g/mol. The number of pyridine rings is 1. The maximum atomic E-state index is 6.04. The van der Waals surface area contributed by atoms with Crippen LogP contribution in [0.3, 0.4) is 0 Å². The summed E-state index contributed by atoms with van der Waals surface area (Å²) >= 11 is 0. The maximum Gasteiger partial charge on any atom is 0.131 e. The molecule has 4 heteroatoms. The van der Waals surface area contributed by atoms with Crippen LogP contribution in [0, 0.1) is 6.92 Å². The van der Waals surface area contributed by atoms with Gasteiger partial charge in [0.25, 0.3) is 0 Å². The Kier molecular flexibility index (Phi) is 5.59. The zero-order valence-corrected chi connectivity index (χ0v) is 14.0. The van der Waals surface area contributed by atoms with Gasteiger partial charge in [0.2, 0.25) is 0 Å². The zero-order chi connectivity index (χ0) is 15.4. The molecule has 1 aliphatic heterocycles. The summed E-state index contributed by atoms with van der Waals surface area (Å²) < 4.78 is 0. The van der Waals surface area contributed by atoms with Gasteiger partial charge in [-0.2, -0.15) is 0 Å². The first-order chi connectivity index (χ1) is 10.0. The van der Waals surface area contributed by atoms with E-state index in [-0.39, 0.29) is 6.04 Å². The van der Waals surface area contributed by atoms with Gasteiger partial charge in [-0.15, -0.1) is 0 Å². The number of nitrogens with zero attached hydrogens (tertiary/aromatic N) is 3. The number of anilines is 1. The minimum absolute atomic E-state index is 0.241. The Morgan fingerprint density at radius 1 is 1.38 bits per heavy atom. The quantitative estimate of drug-likeness (QED) is 0.903. The Hall–Kier alpha value is -1.13. The van der Waals surface area contributed by atoms with E-state index in [0.717, 1.165) is 38.3 Å². The molecule has 2 rings (SSSR count). The molecule has 0 radical (unpaired) electrons. The summed E-state index contributed by atoms with van der Waals surface area (Å²) in [6.45, 7) is 9.82. The van der Waals surface area contributed by atoms with Crippen molar-refractivity contribution in [2.75, 3.05) is 31.6 Å². The van der Waals surface area contributed by atoms with Gasteiger partial charge in [-0.3, -0.25) is 4.90 Å². The molecule has 0 bridgehead atoms. The van der Waals surface area contributed by atoms with Crippen LogP contribution < -0.4 is 10.6 Å². The van der Waals surface area contributed by atoms with Gasteiger partial charge in [-0.1, -0.05) is 19.9 Å². The second kappa shape index (κ2) is 7.23. The predicted octanol–water partition coefficient (Wildman–Crippen LogP) is 2.20. The number of aromatic nitrogens is 1. The standard InChI is InChI=1S/C17H30N4/c1-5-15(18)10-14-9-13(3)17(19-11-14)21-8-7-20(4)16(6-2)12-21/h9,11,15-16H,5-8,10,12,18H2,1-4H3. The molecule has 1 saturated heterocycles. The molecule has 0 amide bonds. The lowest BCUT2D eigenvalue weighted by molar-refractivity contribution is 0.213. The molecule has 1 aromatic heterocycles. The Morgan fingerprint density at radius 3 is 2.76 bits per heavy atom. The smallest absolute Gasteiger partial charge is 0.131 e. The summed E-state index contributed by atoms with van der Waals surface area (Å²) in [5.41, 5.74) is 8.57. The number of hydrogen-bond donors (Lipinski definition) is 1. The largest absolute Gasteiger partial charge is 0.354 e. The lowest BCUT2D eigenvalue weighted by Gasteiger charge is -2.40. The van der Waals surface area contributed by atoms with E-state index in [2.05, 4.69) is 43.7 Å². The van der Waals surface area contributed by atoms with E-state index in [4.69, 9.17) is 10.7 Å². The molecule has 1 fully saturated rings. The van der Waals surface area contributed by atoms with Crippen molar-refractivity contribution in [1.82, 2.24) is 9.88 Å². The molecule has 1 aliphatic rings. The highest BCUT2D eigenvalue weighted by atomic mass is 15.3. The highest BCUT2D eigenvalue weighted by molar-refractivity contribution is 5.48. The molecule has 0 aliphatic carbocycles. The van der Waals surface area contributed by atoms with Crippen LogP contribution in [-0.2, 0) is 6.42 Å². The summed E-state index contributed by atoms with van der Waals surface area (Å²) in [7, 11) is 2.22. The van der Waals surface area contributed by atoms with Gasteiger partial charge in [-0.25, -0.2) is 4.98 Å². The summed E-state index contributed by atoms with van der Waals surface area (Å²) in [5.74, 6) is 1.15. The third-order valence-electron chi connectivity index (χ3n) is 4.68. The second-order valence-electron chi connectivity index (χ2n) is 6.35. The van der Waals surface area contributed by atoms with E-state index < -0.39 is 0 Å². The number of nitrogens with two attached hydrogens (primary N) is 1. The molecule has 4 nitrogen and oxygen atoms in total. The van der Waals surface area contributed by atoms with E-state index in [0.29, 0.717) is 6.04 Å². The molecular formula is C17H30N4. The average Bonchev–Trinajstić information content (AvgIpc) is 2.48. The maximum absolute atomic E-state index is 6.04. The molecule has 0 spiro atoms. The van der Waals surface area contributed by atoms with Gasteiger partial charge in [0.15, 0.2) is 0 Å². The van der Waals surface area contributed by atoms with Crippen molar-refractivity contribution < 1.29 is 0 Å². The third kappa shape index (κ3) is 3.95. The van der Waals surface area contributed by atoms with Gasteiger partial charge >= 0.3 is 0 Å². The second-order valence-corrected chi connectivity index (χ2v) is 6.35. The van der Waals surface area contributed by atoms with Crippen molar-refractivity contribution in [1.29, 1.82) is 0 Å². The summed E-state index contributed by atoms with van der Waals surface area (Å²) in [4.78, 5) is 9.63. The van der Waals surface area contributed by atoms with Crippen molar-refractivity contribution >= 4 is 5.82 Å². The Labute approximate surface area is 129 Å². The summed E-state index contributed by atoms with van der Waals surface area (Å²) in [6.07, 6.45) is 5.13. The molecule has 1 aromatic rings. The molecule has 0 saturated carbocycles. The topological polar surface area (TPSA) is 45.4 Å². The van der Waals surface area contributed by atoms with Crippen molar-refractivity contribution in [3.8, 4) is 0 Å². The van der Waals surface area contributed by atoms with Gasteiger partial charge in [-0.05, 0) is 44.4 Å². The fourth-order valence-corrected chi connectivity index (χ4v) is 3.09. The first kappa shape index (κ1) is 16.2. The van der Waals surface area contributed by atoms with Crippen molar-refractivity contribution in [2.45, 2.75) is 52.1 Å². The SMILES string of the molecule is CCC(N)Cc1cnc(N2CCN(C)C(CC)C2)c(C)c1. The highest BCUT2D eigenvalue weighted by Crippen LogP contribution is 2.22. The van der Waals surface area contributed by atoms with Crippen LogP contribution in [0.5, 0.6) is 0 Å². The van der Waals surface area contributed by atoms with E-state index in [9.17, 15) is 0 Å². The van der Waals surface area contributed by atoms with Crippen molar-refractivity contribution in [3.05, 3.63) is 23.4 Å². The van der Waals surface area contributed by atoms with E-state index in [1.165, 1.54) is 17.5 Å². The number of aryl methyl sites for hydroxylation is 1. The highest BCUT2D eigenvalue weighted by Gasteiger charge is 2.24. The lowest BCUT2D eigenvalue weighted by Crippen LogP contribution is -2.51. The van der Waals surface area contributed by atoms with Crippen LogP contribution in [0.2, 0.25) is 0 Å². The first-order valence-corrected chi connectivity index (χ1v) is 8.21. The van der Waals surface area contributed by atoms with Crippen LogP contribution in [0.1, 0.15) is 37.8 Å². The monoisotopic (exact) mass is 290 g/mol. The Balaban J connectivity index is 2.10. The van der Waals surface area contributed by atoms with Crippen LogP contribution in [0.25, 0.3) is 0 Å². The van der Waals surface area contributed by atoms with Gasteiger partial charge < -0.3 is 10.6 Å². The normalized spacial score (nSPS) is 21.6. The molecule has 2 N–H and O–H groups in total. The first-order valence-electron chi connectivity index (χ1n) is 8.21. The van der Waals surface area contributed by atoms with Crippen LogP contribution in [0.15, 0.2) is 12.3 Å². The van der Waals surface area contributed by atoms with Crippen LogP contribution in [0.4, 0.5) is 5.82 Å². The Bertz CT molecular complexity index is 460. The number of piperazine rings is 1. The number of hydrogen-bond acceptors (Lipinski definition) is 4. The zero-order valence-electron chi connectivity index (χ0n) is 14.0. The van der Waals surface area contributed by atoms with E-state index in [1.54, 1.807) is 0 Å². The Morgan fingerprint density at radius 2 is 2.14 bits per heavy atom. The minimum Gasteiger partial charge on any atom is -0.354 e. The molecule has 2 heterocycles. The van der Waals surface area contributed by atoms with Gasteiger partial charge in [0.05, 0.1) is 0 Å². The van der Waals surface area contributed by atoms with Crippen molar-refractivity contribution in [2.24, 2.45) is 5.73 Å². The molecule has 0 aromatic carbocycles. The fourth-order valence-electron chi connectivity index (χ4n) is 3.09. The fraction of sp³-hybridized carbons (Fsp3) is 0.706. The average molecular weight is 290 g/mol. The van der Waals surface area contributed by atoms with Crippen molar-refractivity contribution in [3.63, 3.8) is 0 Å².